The predicted molar refractivity (Wildman–Crippen MR) is 108 cm³/mol. The molecular weight excluding hydrogens is 452 g/mol. The first-order valence-corrected chi connectivity index (χ1v) is 9.15. The second kappa shape index (κ2) is 7.99. The molecular formula is C18H14BrClN4O4. The summed E-state index contributed by atoms with van der Waals surface area (Å²) in [6, 6.07) is 10.5. The van der Waals surface area contributed by atoms with Crippen molar-refractivity contribution in [2.45, 2.75) is 6.92 Å². The molecule has 0 fully saturated rings. The van der Waals surface area contributed by atoms with E-state index in [1.165, 1.54) is 18.2 Å². The quantitative estimate of drug-likeness (QED) is 0.417. The van der Waals surface area contributed by atoms with E-state index < -0.39 is 10.8 Å². The number of nitrogens with zero attached hydrogens (tertiary/aromatic N) is 3. The number of nitro groups is 1. The van der Waals surface area contributed by atoms with E-state index in [2.05, 4.69) is 26.3 Å². The molecule has 28 heavy (non-hydrogen) atoms. The van der Waals surface area contributed by atoms with Crippen molar-refractivity contribution in [1.29, 1.82) is 0 Å². The third kappa shape index (κ3) is 4.32. The van der Waals surface area contributed by atoms with Crippen molar-refractivity contribution in [2.24, 2.45) is 7.05 Å². The Bertz CT molecular complexity index is 1070. The Morgan fingerprint density at radius 1 is 1.25 bits per heavy atom. The minimum atomic E-state index is -0.564. The number of nitrogens with one attached hydrogen (secondary N) is 1. The van der Waals surface area contributed by atoms with E-state index in [1.807, 2.05) is 0 Å². The number of benzene rings is 2. The van der Waals surface area contributed by atoms with Crippen LogP contribution in [-0.2, 0) is 7.05 Å². The van der Waals surface area contributed by atoms with E-state index in [9.17, 15) is 14.9 Å². The minimum Gasteiger partial charge on any atom is -0.457 e. The van der Waals surface area contributed by atoms with Crippen LogP contribution in [0.1, 0.15) is 16.2 Å². The van der Waals surface area contributed by atoms with Crippen LogP contribution in [0.15, 0.2) is 46.9 Å². The molecule has 3 aromatic rings. The molecule has 3 rings (SSSR count). The van der Waals surface area contributed by atoms with Crippen LogP contribution in [0.5, 0.6) is 11.5 Å². The first-order chi connectivity index (χ1) is 13.2. The van der Waals surface area contributed by atoms with E-state index in [0.717, 1.165) is 5.69 Å². The normalized spacial score (nSPS) is 10.6. The van der Waals surface area contributed by atoms with Gasteiger partial charge in [0.05, 0.1) is 26.8 Å². The lowest BCUT2D eigenvalue weighted by Crippen LogP contribution is -2.13. The van der Waals surface area contributed by atoms with Crippen LogP contribution in [0.4, 0.5) is 11.4 Å². The van der Waals surface area contributed by atoms with Gasteiger partial charge in [0.15, 0.2) is 5.69 Å². The molecule has 0 aliphatic heterocycles. The summed E-state index contributed by atoms with van der Waals surface area (Å²) in [5, 5.41) is 18.6. The summed E-state index contributed by atoms with van der Waals surface area (Å²) in [4.78, 5) is 23.2. The van der Waals surface area contributed by atoms with Gasteiger partial charge in [-0.05, 0) is 47.1 Å². The third-order valence-corrected chi connectivity index (χ3v) is 5.09. The van der Waals surface area contributed by atoms with Crippen molar-refractivity contribution in [1.82, 2.24) is 9.78 Å². The zero-order valence-electron chi connectivity index (χ0n) is 14.8. The maximum absolute atomic E-state index is 12.5. The van der Waals surface area contributed by atoms with Crippen molar-refractivity contribution < 1.29 is 14.5 Å². The number of halogens is 2. The highest BCUT2D eigenvalue weighted by atomic mass is 79.9. The highest BCUT2D eigenvalue weighted by molar-refractivity contribution is 9.10. The van der Waals surface area contributed by atoms with Gasteiger partial charge in [-0.3, -0.25) is 19.6 Å². The van der Waals surface area contributed by atoms with E-state index >= 15 is 0 Å². The van der Waals surface area contributed by atoms with Crippen molar-refractivity contribution in [3.63, 3.8) is 0 Å². The van der Waals surface area contributed by atoms with Crippen molar-refractivity contribution >= 4 is 44.8 Å². The van der Waals surface area contributed by atoms with Crippen LogP contribution < -0.4 is 10.1 Å². The Balaban J connectivity index is 1.90. The van der Waals surface area contributed by atoms with Crippen LogP contribution in [-0.4, -0.2) is 20.6 Å². The van der Waals surface area contributed by atoms with Gasteiger partial charge >= 0.3 is 0 Å². The SMILES string of the molecule is Cc1c(Br)c(C(=O)Nc2cc(Oc3ccc(Cl)cc3)cc([N+](=O)[O-])c2)nn1C. The zero-order chi connectivity index (χ0) is 20.4. The molecule has 0 spiro atoms. The van der Waals surface area contributed by atoms with Crippen LogP contribution in [0.2, 0.25) is 5.02 Å². The number of nitro benzene ring substituents is 1. The van der Waals surface area contributed by atoms with Crippen molar-refractivity contribution in [2.75, 3.05) is 5.32 Å². The van der Waals surface area contributed by atoms with Gasteiger partial charge in [-0.15, -0.1) is 0 Å². The standard InChI is InChI=1S/C18H14BrClN4O4/c1-10-16(19)17(22-23(10)2)18(25)21-12-7-13(24(26)27)9-15(8-12)28-14-5-3-11(20)4-6-14/h3-9H,1-2H3,(H,21,25). The summed E-state index contributed by atoms with van der Waals surface area (Å²) in [7, 11) is 1.71. The first kappa shape index (κ1) is 19.8. The summed E-state index contributed by atoms with van der Waals surface area (Å²) >= 11 is 9.17. The molecule has 0 saturated carbocycles. The molecule has 0 saturated heterocycles. The average molecular weight is 466 g/mol. The van der Waals surface area contributed by atoms with Gasteiger partial charge in [0.25, 0.3) is 11.6 Å². The van der Waals surface area contributed by atoms with Crippen molar-refractivity contribution in [3.05, 3.63) is 73.5 Å². The van der Waals surface area contributed by atoms with Gasteiger partial charge < -0.3 is 10.1 Å². The molecule has 0 radical (unpaired) electrons. The van der Waals surface area contributed by atoms with Crippen molar-refractivity contribution in [3.8, 4) is 11.5 Å². The van der Waals surface area contributed by atoms with Gasteiger partial charge in [-0.25, -0.2) is 0 Å². The zero-order valence-corrected chi connectivity index (χ0v) is 17.1. The van der Waals surface area contributed by atoms with E-state index in [1.54, 1.807) is 42.9 Å². The van der Waals surface area contributed by atoms with Crippen LogP contribution in [0.25, 0.3) is 0 Å². The predicted octanol–water partition coefficient (Wildman–Crippen LogP) is 5.10. The van der Waals surface area contributed by atoms with E-state index in [-0.39, 0.29) is 22.8 Å². The number of anilines is 1. The van der Waals surface area contributed by atoms with Crippen LogP contribution >= 0.6 is 27.5 Å². The lowest BCUT2D eigenvalue weighted by molar-refractivity contribution is -0.384. The molecule has 10 heteroatoms. The first-order valence-electron chi connectivity index (χ1n) is 7.98. The number of hydrogen-bond acceptors (Lipinski definition) is 5. The van der Waals surface area contributed by atoms with E-state index in [4.69, 9.17) is 16.3 Å². The number of hydrogen-bond donors (Lipinski definition) is 1. The lowest BCUT2D eigenvalue weighted by Gasteiger charge is -2.09. The monoisotopic (exact) mass is 464 g/mol. The molecule has 0 atom stereocenters. The molecule has 2 aromatic carbocycles. The molecule has 0 aliphatic rings. The number of aryl methyl sites for hydroxylation is 1. The molecule has 1 amide bonds. The maximum atomic E-state index is 12.5. The summed E-state index contributed by atoms with van der Waals surface area (Å²) in [5.74, 6) is 0.141. The second-order valence-corrected chi connectivity index (χ2v) is 7.08. The fraction of sp³-hybridized carbons (Fsp3) is 0.111. The molecule has 1 N–H and O–H groups in total. The minimum absolute atomic E-state index is 0.173. The number of non-ortho nitro benzene ring substituents is 1. The number of aromatic nitrogens is 2. The van der Waals surface area contributed by atoms with Gasteiger partial charge in [0, 0.05) is 24.2 Å². The molecule has 0 unspecified atom stereocenters. The lowest BCUT2D eigenvalue weighted by atomic mass is 10.2. The molecule has 0 aliphatic carbocycles. The van der Waals surface area contributed by atoms with E-state index in [0.29, 0.717) is 15.2 Å². The number of carbonyl (C=O) groups excluding carboxylic acids is 1. The van der Waals surface area contributed by atoms with Crippen LogP contribution in [0, 0.1) is 17.0 Å². The largest absolute Gasteiger partial charge is 0.457 e. The molecule has 0 bridgehead atoms. The Morgan fingerprint density at radius 2 is 1.93 bits per heavy atom. The summed E-state index contributed by atoms with van der Waals surface area (Å²) in [6.07, 6.45) is 0. The summed E-state index contributed by atoms with van der Waals surface area (Å²) < 4.78 is 7.76. The van der Waals surface area contributed by atoms with Gasteiger partial charge in [0.1, 0.15) is 11.5 Å². The van der Waals surface area contributed by atoms with Crippen LogP contribution in [0.3, 0.4) is 0 Å². The number of rotatable bonds is 5. The van der Waals surface area contributed by atoms with Gasteiger partial charge in [0.2, 0.25) is 0 Å². The average Bonchev–Trinajstić information content (AvgIpc) is 2.91. The fourth-order valence-electron chi connectivity index (χ4n) is 2.38. The second-order valence-electron chi connectivity index (χ2n) is 5.85. The Morgan fingerprint density at radius 3 is 2.50 bits per heavy atom. The molecule has 8 nitrogen and oxygen atoms in total. The Labute approximate surface area is 173 Å². The Hall–Kier alpha value is -2.91. The highest BCUT2D eigenvalue weighted by Gasteiger charge is 2.19. The Kier molecular flexibility index (Phi) is 5.66. The summed E-state index contributed by atoms with van der Waals surface area (Å²) in [6.45, 7) is 1.80. The molecule has 1 heterocycles. The maximum Gasteiger partial charge on any atom is 0.277 e. The third-order valence-electron chi connectivity index (χ3n) is 3.89. The highest BCUT2D eigenvalue weighted by Crippen LogP contribution is 2.31. The number of amides is 1. The molecule has 1 aromatic heterocycles. The molecule has 144 valence electrons. The number of ether oxygens (including phenoxy) is 1. The van der Waals surface area contributed by atoms with Gasteiger partial charge in [-0.2, -0.15) is 5.10 Å². The van der Waals surface area contributed by atoms with Gasteiger partial charge in [-0.1, -0.05) is 11.6 Å². The smallest absolute Gasteiger partial charge is 0.277 e. The summed E-state index contributed by atoms with van der Waals surface area (Å²) in [5.41, 5.74) is 0.930. The topological polar surface area (TPSA) is 99.3 Å². The number of carbonyl (C=O) groups is 1. The fourth-order valence-corrected chi connectivity index (χ4v) is 3.02.